The first-order valence-electron chi connectivity index (χ1n) is 10.6. The predicted octanol–water partition coefficient (Wildman–Crippen LogP) is 6.46. The van der Waals surface area contributed by atoms with Gasteiger partial charge in [-0.05, 0) is 30.0 Å². The summed E-state index contributed by atoms with van der Waals surface area (Å²) in [6.07, 6.45) is 7.52. The number of benzene rings is 2. The van der Waals surface area contributed by atoms with Gasteiger partial charge >= 0.3 is 0 Å². The molecule has 1 aromatic heterocycles. The number of ether oxygens (including phenoxy) is 1. The van der Waals surface area contributed by atoms with Gasteiger partial charge in [-0.1, -0.05) is 84.1 Å². The third kappa shape index (κ3) is 4.92. The summed E-state index contributed by atoms with van der Waals surface area (Å²) < 4.78 is 6.35. The first-order valence-corrected chi connectivity index (χ1v) is 10.6. The van der Waals surface area contributed by atoms with E-state index in [2.05, 4.69) is 50.0 Å². The Hall–Kier alpha value is -2.36. The van der Waals surface area contributed by atoms with Crippen molar-refractivity contribution in [1.29, 1.82) is 0 Å². The van der Waals surface area contributed by atoms with E-state index in [9.17, 15) is 0 Å². The number of nitrogens with zero attached hydrogens (tertiary/aromatic N) is 3. The van der Waals surface area contributed by atoms with Crippen LogP contribution in [0.5, 0.6) is 5.75 Å². The zero-order chi connectivity index (χ0) is 20.0. The van der Waals surface area contributed by atoms with Crippen molar-refractivity contribution in [2.45, 2.75) is 71.6 Å². The average molecular weight is 380 g/mol. The van der Waals surface area contributed by atoms with Crippen molar-refractivity contribution in [3.8, 4) is 11.4 Å². The molecule has 0 atom stereocenters. The summed E-state index contributed by atoms with van der Waals surface area (Å²) in [4.78, 5) is 1.72. The van der Waals surface area contributed by atoms with Crippen LogP contribution in [0.25, 0.3) is 16.7 Å². The third-order valence-electron chi connectivity index (χ3n) is 5.05. The fourth-order valence-corrected chi connectivity index (χ4v) is 3.45. The van der Waals surface area contributed by atoms with Crippen LogP contribution in [0.15, 0.2) is 42.5 Å². The van der Waals surface area contributed by atoms with Gasteiger partial charge in [-0.25, -0.2) is 0 Å². The first-order chi connectivity index (χ1) is 13.5. The number of hydrogen-bond donors (Lipinski definition) is 0. The second-order valence-corrected chi connectivity index (χ2v) is 8.50. The summed E-state index contributed by atoms with van der Waals surface area (Å²) >= 11 is 0. The van der Waals surface area contributed by atoms with Crippen molar-refractivity contribution in [2.75, 3.05) is 6.61 Å². The zero-order valence-corrected chi connectivity index (χ0v) is 17.7. The molecule has 0 bridgehead atoms. The van der Waals surface area contributed by atoms with E-state index in [0.717, 1.165) is 35.5 Å². The van der Waals surface area contributed by atoms with E-state index in [1.807, 2.05) is 30.3 Å². The van der Waals surface area contributed by atoms with Gasteiger partial charge in [0.25, 0.3) is 0 Å². The van der Waals surface area contributed by atoms with E-state index >= 15 is 0 Å². The maximum atomic E-state index is 6.35. The summed E-state index contributed by atoms with van der Waals surface area (Å²) in [6.45, 7) is 9.64. The lowest BCUT2D eigenvalue weighted by atomic mass is 9.86. The minimum Gasteiger partial charge on any atom is -0.491 e. The molecule has 0 spiro atoms. The Balaban J connectivity index is 1.83. The topological polar surface area (TPSA) is 39.9 Å². The first kappa shape index (κ1) is 20.4. The summed E-state index contributed by atoms with van der Waals surface area (Å²) in [5.41, 5.74) is 3.88. The molecule has 0 aliphatic heterocycles. The molecule has 2 aromatic carbocycles. The van der Waals surface area contributed by atoms with Crippen molar-refractivity contribution in [2.24, 2.45) is 0 Å². The number of fused-ring (bicyclic) bond motifs is 1. The third-order valence-corrected chi connectivity index (χ3v) is 5.05. The van der Waals surface area contributed by atoms with Crippen LogP contribution in [0.3, 0.4) is 0 Å². The van der Waals surface area contributed by atoms with Crippen molar-refractivity contribution < 1.29 is 4.74 Å². The average Bonchev–Trinajstić information content (AvgIpc) is 3.10. The Labute approximate surface area is 168 Å². The number of hydrogen-bond acceptors (Lipinski definition) is 3. The van der Waals surface area contributed by atoms with Gasteiger partial charge in [-0.3, -0.25) is 0 Å². The molecule has 0 unspecified atom stereocenters. The van der Waals surface area contributed by atoms with Gasteiger partial charge in [0, 0.05) is 5.56 Å². The largest absolute Gasteiger partial charge is 0.491 e. The summed E-state index contributed by atoms with van der Waals surface area (Å²) in [6, 6.07) is 14.2. The highest BCUT2D eigenvalue weighted by Crippen LogP contribution is 2.36. The lowest BCUT2D eigenvalue weighted by Gasteiger charge is -2.24. The Bertz CT molecular complexity index is 859. The van der Waals surface area contributed by atoms with Crippen LogP contribution in [0.1, 0.15) is 71.8 Å². The van der Waals surface area contributed by atoms with Gasteiger partial charge in [-0.15, -0.1) is 15.0 Å². The normalized spacial score (nSPS) is 11.9. The van der Waals surface area contributed by atoms with E-state index in [1.54, 1.807) is 4.80 Å². The molecule has 3 aromatic rings. The SMILES string of the molecule is CCCCCCCCOc1c(-n2nc3ccccc3n2)cccc1C(C)(C)C. The summed E-state index contributed by atoms with van der Waals surface area (Å²) in [5, 5.41) is 9.34. The minimum absolute atomic E-state index is 0.0148. The molecule has 3 rings (SSSR count). The molecule has 150 valence electrons. The molecule has 0 saturated carbocycles. The predicted molar refractivity (Wildman–Crippen MR) is 116 cm³/mol. The lowest BCUT2D eigenvalue weighted by molar-refractivity contribution is 0.294. The molecule has 0 N–H and O–H groups in total. The smallest absolute Gasteiger partial charge is 0.150 e. The standard InChI is InChI=1S/C24H33N3O/c1-5-6-7-8-9-12-18-28-23-19(24(2,3)4)14-13-17-22(23)27-25-20-15-10-11-16-21(20)26-27/h10-11,13-17H,5-9,12,18H2,1-4H3. The quantitative estimate of drug-likeness (QED) is 0.401. The molecule has 4 heteroatoms. The Morgan fingerprint density at radius 2 is 1.46 bits per heavy atom. The van der Waals surface area contributed by atoms with Crippen LogP contribution in [0, 0.1) is 0 Å². The molecule has 0 amide bonds. The Kier molecular flexibility index (Phi) is 6.71. The molecule has 0 aliphatic carbocycles. The number of unbranched alkanes of at least 4 members (excludes halogenated alkanes) is 5. The summed E-state index contributed by atoms with van der Waals surface area (Å²) in [7, 11) is 0. The fourth-order valence-electron chi connectivity index (χ4n) is 3.45. The molecular formula is C24H33N3O. The molecule has 0 saturated heterocycles. The van der Waals surface area contributed by atoms with Crippen molar-refractivity contribution >= 4 is 11.0 Å². The molecule has 0 radical (unpaired) electrons. The molecule has 28 heavy (non-hydrogen) atoms. The van der Waals surface area contributed by atoms with Crippen molar-refractivity contribution in [3.05, 3.63) is 48.0 Å². The van der Waals surface area contributed by atoms with Gasteiger partial charge in [0.2, 0.25) is 0 Å². The maximum Gasteiger partial charge on any atom is 0.150 e. The number of rotatable bonds is 9. The van der Waals surface area contributed by atoms with Gasteiger partial charge < -0.3 is 4.74 Å². The second kappa shape index (κ2) is 9.22. The molecular weight excluding hydrogens is 346 g/mol. The van der Waals surface area contributed by atoms with Crippen molar-refractivity contribution in [1.82, 2.24) is 15.0 Å². The van der Waals surface area contributed by atoms with E-state index in [1.165, 1.54) is 37.7 Å². The number of aromatic nitrogens is 3. The van der Waals surface area contributed by atoms with Gasteiger partial charge in [0.05, 0.1) is 6.61 Å². The maximum absolute atomic E-state index is 6.35. The van der Waals surface area contributed by atoms with Gasteiger partial charge in [0.1, 0.15) is 16.7 Å². The van der Waals surface area contributed by atoms with Crippen LogP contribution >= 0.6 is 0 Å². The second-order valence-electron chi connectivity index (χ2n) is 8.50. The fraction of sp³-hybridized carbons (Fsp3) is 0.500. The van der Waals surface area contributed by atoms with Crippen LogP contribution in [0.4, 0.5) is 0 Å². The Morgan fingerprint density at radius 3 is 2.11 bits per heavy atom. The monoisotopic (exact) mass is 379 g/mol. The lowest BCUT2D eigenvalue weighted by Crippen LogP contribution is -2.16. The van der Waals surface area contributed by atoms with Crippen LogP contribution in [0.2, 0.25) is 0 Å². The van der Waals surface area contributed by atoms with E-state index in [-0.39, 0.29) is 5.41 Å². The highest BCUT2D eigenvalue weighted by atomic mass is 16.5. The van der Waals surface area contributed by atoms with E-state index in [0.29, 0.717) is 0 Å². The van der Waals surface area contributed by atoms with Crippen LogP contribution in [-0.2, 0) is 5.41 Å². The number of para-hydroxylation sites is 1. The highest BCUT2D eigenvalue weighted by Gasteiger charge is 2.23. The van der Waals surface area contributed by atoms with E-state index < -0.39 is 0 Å². The van der Waals surface area contributed by atoms with Crippen LogP contribution < -0.4 is 4.74 Å². The van der Waals surface area contributed by atoms with Gasteiger partial charge in [-0.2, -0.15) is 0 Å². The molecule has 0 fully saturated rings. The summed E-state index contributed by atoms with van der Waals surface area (Å²) in [5.74, 6) is 0.906. The zero-order valence-electron chi connectivity index (χ0n) is 17.7. The highest BCUT2D eigenvalue weighted by molar-refractivity contribution is 5.73. The van der Waals surface area contributed by atoms with Gasteiger partial charge in [0.15, 0.2) is 5.75 Å². The van der Waals surface area contributed by atoms with Crippen molar-refractivity contribution in [3.63, 3.8) is 0 Å². The molecule has 0 aliphatic rings. The molecule has 4 nitrogen and oxygen atoms in total. The minimum atomic E-state index is -0.0148. The molecule has 1 heterocycles. The van der Waals surface area contributed by atoms with E-state index in [4.69, 9.17) is 4.74 Å². The Morgan fingerprint density at radius 1 is 0.821 bits per heavy atom. The van der Waals surface area contributed by atoms with Crippen LogP contribution in [-0.4, -0.2) is 21.6 Å².